The summed E-state index contributed by atoms with van der Waals surface area (Å²) in [6.07, 6.45) is 6.74. The third-order valence-corrected chi connectivity index (χ3v) is 2.82. The second-order valence-electron chi connectivity index (χ2n) is 4.23. The number of carbonyl (C=O) groups excluding carboxylic acids is 1. The molecule has 2 rings (SSSR count). The molecule has 0 unspecified atom stereocenters. The molecule has 0 aromatic heterocycles. The maximum absolute atomic E-state index is 12.9. The standard InChI is InChI=1S/C14H14F2NO/c15-12-8-11(9-13(16)10-12)4-5-14(18)17-6-2-1-3-7-17/h1,4-5,8-10H,2-3,6-7H2/b5-4+. The number of nitrogens with zero attached hydrogens (tertiary/aromatic N) is 1. The van der Waals surface area contributed by atoms with Gasteiger partial charge in [0.25, 0.3) is 0 Å². The average molecular weight is 250 g/mol. The summed E-state index contributed by atoms with van der Waals surface area (Å²) in [5, 5.41) is 0. The Kier molecular flexibility index (Phi) is 4.07. The number of hydrogen-bond acceptors (Lipinski definition) is 1. The topological polar surface area (TPSA) is 20.3 Å². The molecule has 0 atom stereocenters. The molecule has 1 saturated heterocycles. The summed E-state index contributed by atoms with van der Waals surface area (Å²) in [5.74, 6) is -1.41. The van der Waals surface area contributed by atoms with E-state index in [0.29, 0.717) is 18.7 Å². The van der Waals surface area contributed by atoms with Crippen molar-refractivity contribution >= 4 is 12.0 Å². The van der Waals surface area contributed by atoms with Crippen LogP contribution in [-0.4, -0.2) is 23.9 Å². The molecule has 0 bridgehead atoms. The van der Waals surface area contributed by atoms with Gasteiger partial charge in [-0.2, -0.15) is 0 Å². The molecule has 2 nitrogen and oxygen atoms in total. The average Bonchev–Trinajstić information content (AvgIpc) is 2.36. The van der Waals surface area contributed by atoms with Crippen LogP contribution < -0.4 is 0 Å². The van der Waals surface area contributed by atoms with Crippen molar-refractivity contribution in [3.8, 4) is 0 Å². The van der Waals surface area contributed by atoms with Crippen LogP contribution in [0.1, 0.15) is 18.4 Å². The van der Waals surface area contributed by atoms with Crippen LogP contribution in [-0.2, 0) is 4.79 Å². The summed E-state index contributed by atoms with van der Waals surface area (Å²) in [6.45, 7) is 1.42. The van der Waals surface area contributed by atoms with Crippen molar-refractivity contribution in [1.82, 2.24) is 4.90 Å². The van der Waals surface area contributed by atoms with E-state index in [9.17, 15) is 13.6 Å². The fraction of sp³-hybridized carbons (Fsp3) is 0.286. The van der Waals surface area contributed by atoms with Gasteiger partial charge in [-0.15, -0.1) is 0 Å². The first kappa shape index (κ1) is 12.7. The third-order valence-electron chi connectivity index (χ3n) is 2.82. The fourth-order valence-electron chi connectivity index (χ4n) is 1.92. The molecule has 0 saturated carbocycles. The number of halogens is 2. The van der Waals surface area contributed by atoms with Crippen LogP contribution in [0.25, 0.3) is 6.08 Å². The number of piperidine rings is 1. The van der Waals surface area contributed by atoms with Gasteiger partial charge in [0.2, 0.25) is 5.91 Å². The summed E-state index contributed by atoms with van der Waals surface area (Å²) in [5.41, 5.74) is 0.351. The van der Waals surface area contributed by atoms with Gasteiger partial charge >= 0.3 is 0 Å². The van der Waals surface area contributed by atoms with Crippen molar-refractivity contribution in [2.75, 3.05) is 13.1 Å². The van der Waals surface area contributed by atoms with E-state index in [1.165, 1.54) is 24.3 Å². The molecule has 95 valence electrons. The monoisotopic (exact) mass is 250 g/mol. The molecule has 0 N–H and O–H groups in total. The van der Waals surface area contributed by atoms with E-state index >= 15 is 0 Å². The Hall–Kier alpha value is -1.71. The Morgan fingerprint density at radius 2 is 1.72 bits per heavy atom. The molecule has 1 heterocycles. The van der Waals surface area contributed by atoms with Gasteiger partial charge in [-0.3, -0.25) is 4.79 Å². The first-order chi connectivity index (χ1) is 8.65. The first-order valence-electron chi connectivity index (χ1n) is 5.90. The molecule has 18 heavy (non-hydrogen) atoms. The minimum absolute atomic E-state index is 0.118. The van der Waals surface area contributed by atoms with Crippen molar-refractivity contribution in [2.24, 2.45) is 0 Å². The van der Waals surface area contributed by atoms with E-state index in [-0.39, 0.29) is 5.91 Å². The van der Waals surface area contributed by atoms with Crippen molar-refractivity contribution in [3.05, 3.63) is 47.9 Å². The number of amides is 1. The van der Waals surface area contributed by atoms with E-state index in [2.05, 4.69) is 6.42 Å². The van der Waals surface area contributed by atoms with Crippen LogP contribution in [0.15, 0.2) is 24.3 Å². The number of rotatable bonds is 2. The maximum Gasteiger partial charge on any atom is 0.246 e. The van der Waals surface area contributed by atoms with E-state index in [1.807, 2.05) is 0 Å². The molecule has 0 spiro atoms. The van der Waals surface area contributed by atoms with E-state index < -0.39 is 11.6 Å². The summed E-state index contributed by atoms with van der Waals surface area (Å²) in [4.78, 5) is 13.5. The summed E-state index contributed by atoms with van der Waals surface area (Å²) in [6, 6.07) is 3.19. The second kappa shape index (κ2) is 5.76. The van der Waals surface area contributed by atoms with Crippen LogP contribution in [0.2, 0.25) is 0 Å². The molecular formula is C14H14F2NO. The van der Waals surface area contributed by atoms with Crippen molar-refractivity contribution in [3.63, 3.8) is 0 Å². The van der Waals surface area contributed by atoms with Gasteiger partial charge in [-0.1, -0.05) is 0 Å². The molecule has 1 aromatic rings. The lowest BCUT2D eigenvalue weighted by Crippen LogP contribution is -2.34. The van der Waals surface area contributed by atoms with Gasteiger partial charge in [-0.05, 0) is 43.0 Å². The lowest BCUT2D eigenvalue weighted by Gasteiger charge is -2.25. The molecule has 1 aromatic carbocycles. The van der Waals surface area contributed by atoms with Crippen LogP contribution >= 0.6 is 0 Å². The lowest BCUT2D eigenvalue weighted by molar-refractivity contribution is -0.126. The normalized spacial score (nSPS) is 16.2. The van der Waals surface area contributed by atoms with Crippen molar-refractivity contribution in [2.45, 2.75) is 12.8 Å². The van der Waals surface area contributed by atoms with E-state index in [1.54, 1.807) is 4.90 Å². The summed E-state index contributed by atoms with van der Waals surface area (Å²) < 4.78 is 25.9. The zero-order valence-corrected chi connectivity index (χ0v) is 9.90. The fourth-order valence-corrected chi connectivity index (χ4v) is 1.92. The molecule has 0 aliphatic carbocycles. The maximum atomic E-state index is 12.9. The highest BCUT2D eigenvalue weighted by Crippen LogP contribution is 2.11. The molecule has 1 amide bonds. The van der Waals surface area contributed by atoms with Crippen LogP contribution in [0, 0.1) is 18.1 Å². The van der Waals surface area contributed by atoms with Crippen LogP contribution in [0.3, 0.4) is 0 Å². The predicted molar refractivity (Wildman–Crippen MR) is 65.5 cm³/mol. The molecule has 1 aliphatic rings. The van der Waals surface area contributed by atoms with Crippen molar-refractivity contribution in [1.29, 1.82) is 0 Å². The van der Waals surface area contributed by atoms with Gasteiger partial charge in [0.15, 0.2) is 0 Å². The number of carbonyl (C=O) groups is 1. The largest absolute Gasteiger partial charge is 0.339 e. The third kappa shape index (κ3) is 3.39. The van der Waals surface area contributed by atoms with E-state index in [4.69, 9.17) is 0 Å². The van der Waals surface area contributed by atoms with Gasteiger partial charge in [0.05, 0.1) is 0 Å². The molecular weight excluding hydrogens is 236 g/mol. The number of likely N-dealkylation sites (tertiary alicyclic amines) is 1. The first-order valence-corrected chi connectivity index (χ1v) is 5.90. The summed E-state index contributed by atoms with van der Waals surface area (Å²) >= 11 is 0. The Balaban J connectivity index is 2.03. The van der Waals surface area contributed by atoms with Crippen molar-refractivity contribution < 1.29 is 13.6 Å². The molecule has 1 radical (unpaired) electrons. The molecule has 1 aliphatic heterocycles. The minimum Gasteiger partial charge on any atom is -0.339 e. The highest BCUT2D eigenvalue weighted by Gasteiger charge is 2.13. The minimum atomic E-state index is -0.644. The highest BCUT2D eigenvalue weighted by atomic mass is 19.1. The van der Waals surface area contributed by atoms with E-state index in [0.717, 1.165) is 18.9 Å². The lowest BCUT2D eigenvalue weighted by atomic mass is 10.1. The molecule has 4 heteroatoms. The van der Waals surface area contributed by atoms with Gasteiger partial charge in [0.1, 0.15) is 11.6 Å². The second-order valence-corrected chi connectivity index (χ2v) is 4.23. The Bertz CT molecular complexity index is 445. The van der Waals surface area contributed by atoms with Gasteiger partial charge in [-0.25, -0.2) is 8.78 Å². The SMILES string of the molecule is O=C(/C=C/c1cc(F)cc(F)c1)N1CC[CH]CC1. The Labute approximate surface area is 105 Å². The zero-order valence-electron chi connectivity index (χ0n) is 9.90. The smallest absolute Gasteiger partial charge is 0.246 e. The Morgan fingerprint density at radius 1 is 1.11 bits per heavy atom. The molecule has 1 fully saturated rings. The van der Waals surface area contributed by atoms with Crippen LogP contribution in [0.4, 0.5) is 8.78 Å². The zero-order chi connectivity index (χ0) is 13.0. The quantitative estimate of drug-likeness (QED) is 0.739. The van der Waals surface area contributed by atoms with Crippen LogP contribution in [0.5, 0.6) is 0 Å². The van der Waals surface area contributed by atoms with Gasteiger partial charge < -0.3 is 4.90 Å². The Morgan fingerprint density at radius 3 is 2.33 bits per heavy atom. The highest BCUT2D eigenvalue weighted by molar-refractivity contribution is 5.91. The number of benzene rings is 1. The predicted octanol–water partition coefficient (Wildman–Crippen LogP) is 2.80. The number of hydrogen-bond donors (Lipinski definition) is 0. The summed E-state index contributed by atoms with van der Waals surface area (Å²) in [7, 11) is 0. The van der Waals surface area contributed by atoms with Gasteiger partial charge in [0, 0.05) is 25.2 Å².